The number of nitrogens with one attached hydrogen (secondary N) is 2. The number of rotatable bonds is 15. The maximum Gasteiger partial charge on any atom is 0.191 e. The molecule has 0 aliphatic heterocycles. The molecule has 0 aliphatic carbocycles. The van der Waals surface area contributed by atoms with Crippen molar-refractivity contribution < 1.29 is 4.74 Å². The van der Waals surface area contributed by atoms with E-state index in [0.717, 1.165) is 76.9 Å². The van der Waals surface area contributed by atoms with Gasteiger partial charge in [0.05, 0.1) is 0 Å². The third kappa shape index (κ3) is 10.0. The number of hydrogen-bond acceptors (Lipinski definition) is 5. The lowest BCUT2D eigenvalue weighted by molar-refractivity contribution is 0.197. The van der Waals surface area contributed by atoms with Crippen LogP contribution in [0.2, 0.25) is 0 Å². The predicted molar refractivity (Wildman–Crippen MR) is 116 cm³/mol. The lowest BCUT2D eigenvalue weighted by Gasteiger charge is -2.21. The number of aliphatic imine (C=N–C) groups is 1. The van der Waals surface area contributed by atoms with E-state index >= 15 is 0 Å². The average molecular weight is 396 g/mol. The van der Waals surface area contributed by atoms with Crippen molar-refractivity contribution in [2.24, 2.45) is 4.99 Å². The first-order valence-electron chi connectivity index (χ1n) is 10.8. The van der Waals surface area contributed by atoms with Gasteiger partial charge in [-0.1, -0.05) is 20.8 Å². The van der Waals surface area contributed by atoms with Crippen LogP contribution in [-0.4, -0.2) is 78.1 Å². The molecule has 0 bridgehead atoms. The molecule has 1 aromatic rings. The van der Waals surface area contributed by atoms with Gasteiger partial charge in [-0.05, 0) is 45.8 Å². The quantitative estimate of drug-likeness (QED) is 0.268. The predicted octanol–water partition coefficient (Wildman–Crippen LogP) is 1.92. The van der Waals surface area contributed by atoms with Gasteiger partial charge in [0.25, 0.3) is 0 Å². The number of guanidine groups is 1. The summed E-state index contributed by atoms with van der Waals surface area (Å²) in [4.78, 5) is 7.17. The Morgan fingerprint density at radius 1 is 1.29 bits per heavy atom. The molecule has 28 heavy (non-hydrogen) atoms. The van der Waals surface area contributed by atoms with Gasteiger partial charge in [0, 0.05) is 45.8 Å². The van der Waals surface area contributed by atoms with Crippen molar-refractivity contribution >= 4 is 5.96 Å². The summed E-state index contributed by atoms with van der Waals surface area (Å²) in [5.41, 5.74) is 0. The standard InChI is InChI=1S/C20H41N7O/c1-6-19-25-23-17-27(19)15-13-22-20(21-12-10-16-28-5)24-18(4)11-9-14-26(7-2)8-3/h17-18H,6-16H2,1-5H3,(H2,21,22,24). The Kier molecular flexibility index (Phi) is 13.3. The summed E-state index contributed by atoms with van der Waals surface area (Å²) in [6.45, 7) is 15.3. The zero-order valence-electron chi connectivity index (χ0n) is 18.6. The van der Waals surface area contributed by atoms with Crippen LogP contribution in [0.1, 0.15) is 52.8 Å². The monoisotopic (exact) mass is 395 g/mol. The minimum Gasteiger partial charge on any atom is -0.385 e. The van der Waals surface area contributed by atoms with E-state index in [1.165, 1.54) is 6.42 Å². The molecule has 1 heterocycles. The Hall–Kier alpha value is -1.67. The second-order valence-electron chi connectivity index (χ2n) is 7.01. The van der Waals surface area contributed by atoms with Crippen molar-refractivity contribution in [2.75, 3.05) is 46.4 Å². The minimum atomic E-state index is 0.380. The Morgan fingerprint density at radius 3 is 2.75 bits per heavy atom. The van der Waals surface area contributed by atoms with Crippen LogP contribution in [0.15, 0.2) is 11.3 Å². The third-order valence-corrected chi connectivity index (χ3v) is 4.82. The molecule has 0 aliphatic rings. The molecule has 8 nitrogen and oxygen atoms in total. The fourth-order valence-corrected chi connectivity index (χ4v) is 3.05. The highest BCUT2D eigenvalue weighted by molar-refractivity contribution is 5.80. The van der Waals surface area contributed by atoms with E-state index in [9.17, 15) is 0 Å². The van der Waals surface area contributed by atoms with Crippen LogP contribution in [0.5, 0.6) is 0 Å². The third-order valence-electron chi connectivity index (χ3n) is 4.82. The molecule has 1 unspecified atom stereocenters. The fraction of sp³-hybridized carbons (Fsp3) is 0.850. The van der Waals surface area contributed by atoms with Crippen molar-refractivity contribution in [2.45, 2.75) is 66.0 Å². The Labute approximate surface area is 171 Å². The van der Waals surface area contributed by atoms with Crippen LogP contribution in [0.3, 0.4) is 0 Å². The SMILES string of the molecule is CCc1nncn1CCNC(=NCCCOC)NC(C)CCCN(CC)CC. The van der Waals surface area contributed by atoms with Crippen LogP contribution in [0.4, 0.5) is 0 Å². The van der Waals surface area contributed by atoms with Crippen LogP contribution < -0.4 is 10.6 Å². The van der Waals surface area contributed by atoms with E-state index < -0.39 is 0 Å². The van der Waals surface area contributed by atoms with E-state index in [1.807, 2.05) is 0 Å². The number of aryl methyl sites for hydroxylation is 1. The van der Waals surface area contributed by atoms with Gasteiger partial charge in [-0.15, -0.1) is 10.2 Å². The van der Waals surface area contributed by atoms with Crippen molar-refractivity contribution in [3.05, 3.63) is 12.2 Å². The molecular formula is C20H41N7O. The van der Waals surface area contributed by atoms with Crippen LogP contribution >= 0.6 is 0 Å². The first-order chi connectivity index (χ1) is 13.6. The van der Waals surface area contributed by atoms with E-state index in [4.69, 9.17) is 9.73 Å². The molecule has 0 radical (unpaired) electrons. The zero-order valence-corrected chi connectivity index (χ0v) is 18.6. The van der Waals surface area contributed by atoms with E-state index in [0.29, 0.717) is 6.04 Å². The van der Waals surface area contributed by atoms with Gasteiger partial charge in [0.2, 0.25) is 0 Å². The normalized spacial score (nSPS) is 13.1. The van der Waals surface area contributed by atoms with Crippen LogP contribution in [0, 0.1) is 0 Å². The Balaban J connectivity index is 2.46. The molecule has 0 saturated heterocycles. The highest BCUT2D eigenvalue weighted by Gasteiger charge is 2.08. The van der Waals surface area contributed by atoms with Gasteiger partial charge in [0.1, 0.15) is 12.2 Å². The molecule has 0 amide bonds. The molecule has 0 fully saturated rings. The maximum absolute atomic E-state index is 5.13. The summed E-state index contributed by atoms with van der Waals surface area (Å²) in [7, 11) is 1.73. The number of nitrogens with zero attached hydrogens (tertiary/aromatic N) is 5. The maximum atomic E-state index is 5.13. The summed E-state index contributed by atoms with van der Waals surface area (Å²) in [6, 6.07) is 0.380. The second-order valence-corrected chi connectivity index (χ2v) is 7.01. The summed E-state index contributed by atoms with van der Waals surface area (Å²) in [6.07, 6.45) is 5.91. The first-order valence-corrected chi connectivity index (χ1v) is 10.8. The number of hydrogen-bond donors (Lipinski definition) is 2. The minimum absolute atomic E-state index is 0.380. The number of aromatic nitrogens is 3. The van der Waals surface area contributed by atoms with Crippen molar-refractivity contribution in [1.29, 1.82) is 0 Å². The summed E-state index contributed by atoms with van der Waals surface area (Å²) < 4.78 is 7.21. The van der Waals surface area contributed by atoms with Gasteiger partial charge in [-0.25, -0.2) is 0 Å². The fourth-order valence-electron chi connectivity index (χ4n) is 3.05. The van der Waals surface area contributed by atoms with Crippen LogP contribution in [-0.2, 0) is 17.7 Å². The van der Waals surface area contributed by atoms with Crippen molar-refractivity contribution in [3.63, 3.8) is 0 Å². The van der Waals surface area contributed by atoms with Gasteiger partial charge in [0.15, 0.2) is 5.96 Å². The van der Waals surface area contributed by atoms with Crippen LogP contribution in [0.25, 0.3) is 0 Å². The summed E-state index contributed by atoms with van der Waals surface area (Å²) in [5.74, 6) is 1.88. The topological polar surface area (TPSA) is 79.6 Å². The second kappa shape index (κ2) is 15.3. The van der Waals surface area contributed by atoms with Gasteiger partial charge in [-0.3, -0.25) is 4.99 Å². The number of ether oxygens (including phenoxy) is 1. The summed E-state index contributed by atoms with van der Waals surface area (Å²) in [5, 5.41) is 15.1. The first kappa shape index (κ1) is 24.4. The molecule has 0 spiro atoms. The van der Waals surface area contributed by atoms with Crippen molar-refractivity contribution in [1.82, 2.24) is 30.3 Å². The molecule has 8 heteroatoms. The van der Waals surface area contributed by atoms with E-state index in [-0.39, 0.29) is 0 Å². The molecule has 162 valence electrons. The van der Waals surface area contributed by atoms with Gasteiger partial charge in [-0.2, -0.15) is 0 Å². The van der Waals surface area contributed by atoms with Crippen molar-refractivity contribution in [3.8, 4) is 0 Å². The lowest BCUT2D eigenvalue weighted by atomic mass is 10.2. The molecular weight excluding hydrogens is 354 g/mol. The highest BCUT2D eigenvalue weighted by atomic mass is 16.5. The molecule has 0 aromatic carbocycles. The van der Waals surface area contributed by atoms with Gasteiger partial charge < -0.3 is 24.8 Å². The average Bonchev–Trinajstić information content (AvgIpc) is 3.16. The highest BCUT2D eigenvalue weighted by Crippen LogP contribution is 2.00. The largest absolute Gasteiger partial charge is 0.385 e. The van der Waals surface area contributed by atoms with E-state index in [1.54, 1.807) is 13.4 Å². The molecule has 1 atom stereocenters. The van der Waals surface area contributed by atoms with E-state index in [2.05, 4.69) is 58.0 Å². The number of methoxy groups -OCH3 is 1. The molecule has 1 rings (SSSR count). The summed E-state index contributed by atoms with van der Waals surface area (Å²) >= 11 is 0. The Bertz CT molecular complexity index is 528. The molecule has 1 aromatic heterocycles. The smallest absolute Gasteiger partial charge is 0.191 e. The molecule has 2 N–H and O–H groups in total. The zero-order chi connectivity index (χ0) is 20.6. The Morgan fingerprint density at radius 2 is 2.07 bits per heavy atom. The van der Waals surface area contributed by atoms with Gasteiger partial charge >= 0.3 is 0 Å². The lowest BCUT2D eigenvalue weighted by Crippen LogP contribution is -2.43. The molecule has 0 saturated carbocycles.